The zero-order valence-electron chi connectivity index (χ0n) is 10.5. The summed E-state index contributed by atoms with van der Waals surface area (Å²) in [6.07, 6.45) is -6.04. The second-order valence-corrected chi connectivity index (χ2v) is 3.87. The number of nitrogens with two attached hydrogens (primary N) is 1. The summed E-state index contributed by atoms with van der Waals surface area (Å²) < 4.78 is 9.89. The Bertz CT molecular complexity index is 260. The summed E-state index contributed by atoms with van der Waals surface area (Å²) in [6.45, 7) is 0.965. The van der Waals surface area contributed by atoms with Crippen molar-refractivity contribution >= 4 is 5.97 Å². The number of hydrogen-bond donors (Lipinski definition) is 6. The highest BCUT2D eigenvalue weighted by Gasteiger charge is 2.44. The lowest BCUT2D eigenvalue weighted by atomic mass is 9.99. The van der Waals surface area contributed by atoms with E-state index in [9.17, 15) is 15.3 Å². The summed E-state index contributed by atoms with van der Waals surface area (Å²) in [5.41, 5.74) is 5.19. The van der Waals surface area contributed by atoms with E-state index in [2.05, 4.69) is 0 Å². The van der Waals surface area contributed by atoms with E-state index in [-0.39, 0.29) is 13.2 Å². The van der Waals surface area contributed by atoms with Gasteiger partial charge in [0.15, 0.2) is 6.29 Å². The van der Waals surface area contributed by atoms with Crippen molar-refractivity contribution in [3.05, 3.63) is 0 Å². The Kier molecular flexibility index (Phi) is 8.76. The molecular weight excluding hydrogens is 262 g/mol. The summed E-state index contributed by atoms with van der Waals surface area (Å²) in [7, 11) is 0. The fourth-order valence-electron chi connectivity index (χ4n) is 1.46. The van der Waals surface area contributed by atoms with Gasteiger partial charge in [-0.25, -0.2) is 0 Å². The third-order valence-electron chi connectivity index (χ3n) is 2.27. The van der Waals surface area contributed by atoms with E-state index in [4.69, 9.17) is 30.2 Å². The SMILES string of the molecule is CC(=O)O.NCCO[C@@H]1[C@@H](O)[C@@H](O)[C@@H](CO)O[C@H]1O. The van der Waals surface area contributed by atoms with E-state index >= 15 is 0 Å². The van der Waals surface area contributed by atoms with Crippen LogP contribution in [0.15, 0.2) is 0 Å². The first-order valence-corrected chi connectivity index (χ1v) is 5.66. The van der Waals surface area contributed by atoms with Crippen LogP contribution < -0.4 is 5.73 Å². The fraction of sp³-hybridized carbons (Fsp3) is 0.900. The minimum absolute atomic E-state index is 0.138. The molecule has 9 nitrogen and oxygen atoms in total. The molecule has 19 heavy (non-hydrogen) atoms. The number of carbonyl (C=O) groups is 1. The number of aliphatic hydroxyl groups is 4. The van der Waals surface area contributed by atoms with Crippen molar-refractivity contribution in [1.29, 1.82) is 0 Å². The van der Waals surface area contributed by atoms with Crippen LogP contribution in [0.4, 0.5) is 0 Å². The number of ether oxygens (including phenoxy) is 2. The monoisotopic (exact) mass is 283 g/mol. The number of aliphatic carboxylic acids is 1. The molecule has 1 aliphatic rings. The highest BCUT2D eigenvalue weighted by atomic mass is 16.7. The molecule has 0 spiro atoms. The van der Waals surface area contributed by atoms with E-state index < -0.39 is 43.3 Å². The Hall–Kier alpha value is -0.810. The van der Waals surface area contributed by atoms with Gasteiger partial charge in [0.2, 0.25) is 0 Å². The highest BCUT2D eigenvalue weighted by molar-refractivity contribution is 5.62. The molecule has 1 fully saturated rings. The van der Waals surface area contributed by atoms with Gasteiger partial charge in [0.1, 0.15) is 24.4 Å². The number of carboxylic acids is 1. The number of carboxylic acid groups (broad SMARTS) is 1. The molecule has 0 aromatic carbocycles. The molecule has 9 heteroatoms. The fourth-order valence-corrected chi connectivity index (χ4v) is 1.46. The Labute approximate surface area is 110 Å². The summed E-state index contributed by atoms with van der Waals surface area (Å²) in [6, 6.07) is 0. The quantitative estimate of drug-likeness (QED) is 0.313. The minimum atomic E-state index is -1.38. The predicted molar refractivity (Wildman–Crippen MR) is 62.1 cm³/mol. The van der Waals surface area contributed by atoms with Gasteiger partial charge >= 0.3 is 0 Å². The van der Waals surface area contributed by atoms with Crippen molar-refractivity contribution in [2.24, 2.45) is 5.73 Å². The first-order valence-electron chi connectivity index (χ1n) is 5.66. The van der Waals surface area contributed by atoms with Crippen LogP contribution in [0.2, 0.25) is 0 Å². The van der Waals surface area contributed by atoms with Crippen molar-refractivity contribution in [3.63, 3.8) is 0 Å². The lowest BCUT2D eigenvalue weighted by Crippen LogP contribution is -2.59. The average molecular weight is 283 g/mol. The molecule has 0 bridgehead atoms. The van der Waals surface area contributed by atoms with Crippen LogP contribution in [-0.2, 0) is 14.3 Å². The molecule has 0 amide bonds. The summed E-state index contributed by atoms with van der Waals surface area (Å²) in [5.74, 6) is -0.833. The minimum Gasteiger partial charge on any atom is -0.481 e. The molecule has 1 saturated heterocycles. The van der Waals surface area contributed by atoms with Crippen LogP contribution in [-0.4, -0.2) is 82.0 Å². The molecule has 0 aromatic rings. The molecule has 0 aromatic heterocycles. The van der Waals surface area contributed by atoms with Crippen LogP contribution in [0, 0.1) is 0 Å². The zero-order chi connectivity index (χ0) is 15.0. The van der Waals surface area contributed by atoms with E-state index in [0.29, 0.717) is 0 Å². The van der Waals surface area contributed by atoms with Crippen molar-refractivity contribution in [2.45, 2.75) is 37.6 Å². The van der Waals surface area contributed by atoms with Crippen LogP contribution in [0.25, 0.3) is 0 Å². The second-order valence-electron chi connectivity index (χ2n) is 3.87. The van der Waals surface area contributed by atoms with Gasteiger partial charge in [-0.2, -0.15) is 0 Å². The van der Waals surface area contributed by atoms with E-state index in [1.807, 2.05) is 0 Å². The maximum absolute atomic E-state index is 9.57. The molecule has 0 aliphatic carbocycles. The van der Waals surface area contributed by atoms with Crippen molar-refractivity contribution < 1.29 is 39.8 Å². The lowest BCUT2D eigenvalue weighted by molar-refractivity contribution is -0.295. The zero-order valence-corrected chi connectivity index (χ0v) is 10.5. The normalized spacial score (nSPS) is 34.3. The second kappa shape index (κ2) is 9.15. The van der Waals surface area contributed by atoms with Gasteiger partial charge in [0.25, 0.3) is 5.97 Å². The highest BCUT2D eigenvalue weighted by Crippen LogP contribution is 2.21. The van der Waals surface area contributed by atoms with Crippen molar-refractivity contribution in [1.82, 2.24) is 0 Å². The maximum Gasteiger partial charge on any atom is 0.300 e. The topological polar surface area (TPSA) is 163 Å². The van der Waals surface area contributed by atoms with E-state index in [1.54, 1.807) is 0 Å². The van der Waals surface area contributed by atoms with Crippen molar-refractivity contribution in [3.8, 4) is 0 Å². The number of aliphatic hydroxyl groups excluding tert-OH is 4. The molecule has 0 saturated carbocycles. The Morgan fingerprint density at radius 2 is 1.84 bits per heavy atom. The molecular formula is C10H21NO8. The lowest BCUT2D eigenvalue weighted by Gasteiger charge is -2.39. The van der Waals surface area contributed by atoms with Gasteiger partial charge in [-0.3, -0.25) is 4.79 Å². The van der Waals surface area contributed by atoms with Gasteiger partial charge in [-0.1, -0.05) is 0 Å². The molecule has 1 aliphatic heterocycles. The van der Waals surface area contributed by atoms with Gasteiger partial charge in [-0.15, -0.1) is 0 Å². The first-order chi connectivity index (χ1) is 8.84. The predicted octanol–water partition coefficient (Wildman–Crippen LogP) is -3.15. The molecule has 1 rings (SSSR count). The average Bonchev–Trinajstić information content (AvgIpc) is 2.33. The number of hydrogen-bond acceptors (Lipinski definition) is 8. The van der Waals surface area contributed by atoms with Crippen LogP contribution in [0.1, 0.15) is 6.92 Å². The maximum atomic E-state index is 9.57. The summed E-state index contributed by atoms with van der Waals surface area (Å²) >= 11 is 0. The van der Waals surface area contributed by atoms with Gasteiger partial charge < -0.3 is 40.7 Å². The first kappa shape index (κ1) is 18.2. The molecule has 1 heterocycles. The summed E-state index contributed by atoms with van der Waals surface area (Å²) in [4.78, 5) is 9.00. The van der Waals surface area contributed by atoms with E-state index in [0.717, 1.165) is 6.92 Å². The third kappa shape index (κ3) is 6.25. The summed E-state index contributed by atoms with van der Waals surface area (Å²) in [5, 5.41) is 44.7. The molecule has 0 radical (unpaired) electrons. The van der Waals surface area contributed by atoms with Crippen LogP contribution >= 0.6 is 0 Å². The Morgan fingerprint density at radius 3 is 2.26 bits per heavy atom. The standard InChI is InChI=1S/C8H17NO6.C2H4O2/c9-1-2-14-7-6(12)5(11)4(3-10)15-8(7)13;1-2(3)4/h4-8,10-13H,1-3,9H2;1H3,(H,3,4)/t4-,5+,6+,7-,8-;/m1./s1. The molecule has 0 unspecified atom stereocenters. The Morgan fingerprint density at radius 1 is 1.32 bits per heavy atom. The molecule has 5 atom stereocenters. The van der Waals surface area contributed by atoms with Gasteiger partial charge in [0.05, 0.1) is 13.2 Å². The van der Waals surface area contributed by atoms with Crippen molar-refractivity contribution in [2.75, 3.05) is 19.8 Å². The van der Waals surface area contributed by atoms with Crippen LogP contribution in [0.3, 0.4) is 0 Å². The smallest absolute Gasteiger partial charge is 0.300 e. The molecule has 7 N–H and O–H groups in total. The van der Waals surface area contributed by atoms with Crippen LogP contribution in [0.5, 0.6) is 0 Å². The largest absolute Gasteiger partial charge is 0.481 e. The van der Waals surface area contributed by atoms with Gasteiger partial charge in [0, 0.05) is 13.5 Å². The third-order valence-corrected chi connectivity index (χ3v) is 2.27. The van der Waals surface area contributed by atoms with E-state index in [1.165, 1.54) is 0 Å². The number of rotatable bonds is 4. The Balaban J connectivity index is 0.000000711. The molecule has 114 valence electrons. The van der Waals surface area contributed by atoms with Gasteiger partial charge in [-0.05, 0) is 0 Å².